The Bertz CT molecular complexity index is 795. The number of hydrogen-bond acceptors (Lipinski definition) is 3. The van der Waals surface area contributed by atoms with Gasteiger partial charge in [-0.1, -0.05) is 17.7 Å². The second-order valence-electron chi connectivity index (χ2n) is 7.01. The van der Waals surface area contributed by atoms with Gasteiger partial charge in [0, 0.05) is 30.2 Å². The third kappa shape index (κ3) is 4.67. The third-order valence-corrected chi connectivity index (χ3v) is 5.05. The maximum atomic E-state index is 12.4. The Morgan fingerprint density at radius 2 is 1.30 bits per heavy atom. The predicted octanol–water partition coefficient (Wildman–Crippen LogP) is 4.05. The van der Waals surface area contributed by atoms with Crippen molar-refractivity contribution in [3.63, 3.8) is 0 Å². The highest BCUT2D eigenvalue weighted by Crippen LogP contribution is 2.40. The number of amides is 2. The van der Waals surface area contributed by atoms with Crippen molar-refractivity contribution in [3.8, 4) is 0 Å². The molecule has 27 heavy (non-hydrogen) atoms. The lowest BCUT2D eigenvalue weighted by Gasteiger charge is -2.21. The SMILES string of the molecule is CCN(CC)c1ccc(NC(=O)C2CC2C(=O)Nc2ccc(C)cc2)cc1. The van der Waals surface area contributed by atoms with E-state index in [0.29, 0.717) is 6.42 Å². The summed E-state index contributed by atoms with van der Waals surface area (Å²) in [5.74, 6) is -0.676. The molecule has 1 saturated carbocycles. The van der Waals surface area contributed by atoms with E-state index in [0.717, 1.165) is 35.7 Å². The maximum Gasteiger partial charge on any atom is 0.228 e. The summed E-state index contributed by atoms with van der Waals surface area (Å²) in [7, 11) is 0. The summed E-state index contributed by atoms with van der Waals surface area (Å²) in [4.78, 5) is 27.0. The monoisotopic (exact) mass is 365 g/mol. The highest BCUT2D eigenvalue weighted by atomic mass is 16.2. The molecule has 2 N–H and O–H groups in total. The number of anilines is 3. The van der Waals surface area contributed by atoms with Crippen LogP contribution >= 0.6 is 0 Å². The summed E-state index contributed by atoms with van der Waals surface area (Å²) in [6.45, 7) is 8.13. The van der Waals surface area contributed by atoms with Crippen LogP contribution in [-0.4, -0.2) is 24.9 Å². The summed E-state index contributed by atoms with van der Waals surface area (Å²) in [6, 6.07) is 15.5. The van der Waals surface area contributed by atoms with E-state index in [1.807, 2.05) is 55.5 Å². The van der Waals surface area contributed by atoms with Gasteiger partial charge in [-0.15, -0.1) is 0 Å². The molecular weight excluding hydrogens is 338 g/mol. The number of nitrogens with one attached hydrogen (secondary N) is 2. The van der Waals surface area contributed by atoms with Crippen LogP contribution in [-0.2, 0) is 9.59 Å². The number of carbonyl (C=O) groups excluding carboxylic acids is 2. The van der Waals surface area contributed by atoms with Crippen molar-refractivity contribution in [3.05, 3.63) is 54.1 Å². The first-order valence-corrected chi connectivity index (χ1v) is 9.55. The van der Waals surface area contributed by atoms with E-state index in [1.54, 1.807) is 0 Å². The van der Waals surface area contributed by atoms with Gasteiger partial charge in [0.05, 0.1) is 11.8 Å². The van der Waals surface area contributed by atoms with Gasteiger partial charge in [-0.2, -0.15) is 0 Å². The zero-order chi connectivity index (χ0) is 19.4. The molecule has 0 heterocycles. The standard InChI is InChI=1S/C22H27N3O2/c1-4-25(5-2)18-12-10-17(11-13-18)24-22(27)20-14-19(20)21(26)23-16-8-6-15(3)7-9-16/h6-13,19-20H,4-5,14H2,1-3H3,(H,23,26)(H,24,27). The Labute approximate surface area is 160 Å². The van der Waals surface area contributed by atoms with Gasteiger partial charge in [-0.3, -0.25) is 9.59 Å². The molecule has 2 amide bonds. The lowest BCUT2D eigenvalue weighted by atomic mass is 10.2. The molecular formula is C22H27N3O2. The summed E-state index contributed by atoms with van der Waals surface area (Å²) in [6.07, 6.45) is 0.598. The van der Waals surface area contributed by atoms with Crippen LogP contribution in [0.15, 0.2) is 48.5 Å². The second kappa shape index (κ2) is 8.25. The van der Waals surface area contributed by atoms with Crippen molar-refractivity contribution in [1.29, 1.82) is 0 Å². The van der Waals surface area contributed by atoms with Gasteiger partial charge >= 0.3 is 0 Å². The van der Waals surface area contributed by atoms with E-state index < -0.39 is 0 Å². The van der Waals surface area contributed by atoms with Crippen molar-refractivity contribution >= 4 is 28.9 Å². The fourth-order valence-electron chi connectivity index (χ4n) is 3.23. The van der Waals surface area contributed by atoms with Gasteiger partial charge in [0.2, 0.25) is 11.8 Å². The Balaban J connectivity index is 1.52. The number of rotatable bonds is 7. The number of nitrogens with zero attached hydrogens (tertiary/aromatic N) is 1. The number of aryl methyl sites for hydroxylation is 1. The van der Waals surface area contributed by atoms with Crippen LogP contribution < -0.4 is 15.5 Å². The van der Waals surface area contributed by atoms with Crippen molar-refractivity contribution in [1.82, 2.24) is 0 Å². The number of carbonyl (C=O) groups is 2. The summed E-state index contributed by atoms with van der Waals surface area (Å²) < 4.78 is 0. The van der Waals surface area contributed by atoms with E-state index in [-0.39, 0.29) is 23.7 Å². The minimum absolute atomic E-state index is 0.0871. The van der Waals surface area contributed by atoms with Gasteiger partial charge in [0.1, 0.15) is 0 Å². The average Bonchev–Trinajstić information content (AvgIpc) is 3.47. The van der Waals surface area contributed by atoms with Crippen molar-refractivity contribution in [2.45, 2.75) is 27.2 Å². The second-order valence-corrected chi connectivity index (χ2v) is 7.01. The Kier molecular flexibility index (Phi) is 5.79. The van der Waals surface area contributed by atoms with Gasteiger partial charge < -0.3 is 15.5 Å². The number of hydrogen-bond donors (Lipinski definition) is 2. The minimum atomic E-state index is -0.252. The van der Waals surface area contributed by atoms with Crippen LogP contribution in [0.3, 0.4) is 0 Å². The molecule has 1 aliphatic rings. The molecule has 3 rings (SSSR count). The fourth-order valence-corrected chi connectivity index (χ4v) is 3.23. The molecule has 0 radical (unpaired) electrons. The molecule has 2 atom stereocenters. The zero-order valence-electron chi connectivity index (χ0n) is 16.2. The molecule has 2 aromatic carbocycles. The van der Waals surface area contributed by atoms with Crippen LogP contribution in [0.1, 0.15) is 25.8 Å². The Morgan fingerprint density at radius 3 is 1.74 bits per heavy atom. The molecule has 0 spiro atoms. The van der Waals surface area contributed by atoms with E-state index in [1.165, 1.54) is 0 Å². The minimum Gasteiger partial charge on any atom is -0.372 e. The molecule has 142 valence electrons. The average molecular weight is 365 g/mol. The molecule has 2 unspecified atom stereocenters. The molecule has 5 heteroatoms. The smallest absolute Gasteiger partial charge is 0.228 e. The molecule has 0 aromatic heterocycles. The Morgan fingerprint density at radius 1 is 0.852 bits per heavy atom. The van der Waals surface area contributed by atoms with E-state index in [2.05, 4.69) is 29.4 Å². The molecule has 2 aromatic rings. The van der Waals surface area contributed by atoms with Crippen LogP contribution in [0, 0.1) is 18.8 Å². The van der Waals surface area contributed by atoms with E-state index >= 15 is 0 Å². The summed E-state index contributed by atoms with van der Waals surface area (Å²) >= 11 is 0. The molecule has 0 saturated heterocycles. The largest absolute Gasteiger partial charge is 0.372 e. The quantitative estimate of drug-likeness (QED) is 0.778. The highest BCUT2D eigenvalue weighted by Gasteiger charge is 2.48. The summed E-state index contributed by atoms with van der Waals surface area (Å²) in [5, 5.41) is 5.81. The lowest BCUT2D eigenvalue weighted by molar-refractivity contribution is -0.122. The van der Waals surface area contributed by atoms with Crippen molar-refractivity contribution in [2.75, 3.05) is 28.6 Å². The van der Waals surface area contributed by atoms with Crippen LogP contribution in [0.4, 0.5) is 17.1 Å². The van der Waals surface area contributed by atoms with Gasteiger partial charge in [-0.25, -0.2) is 0 Å². The van der Waals surface area contributed by atoms with Crippen LogP contribution in [0.2, 0.25) is 0 Å². The van der Waals surface area contributed by atoms with E-state index in [9.17, 15) is 9.59 Å². The van der Waals surface area contributed by atoms with Crippen molar-refractivity contribution in [2.24, 2.45) is 11.8 Å². The first-order chi connectivity index (χ1) is 13.0. The number of benzene rings is 2. The van der Waals surface area contributed by atoms with Gasteiger partial charge in [0.25, 0.3) is 0 Å². The first kappa shape index (κ1) is 19.0. The van der Waals surface area contributed by atoms with Gasteiger partial charge in [-0.05, 0) is 63.6 Å². The molecule has 0 bridgehead atoms. The normalized spacial score (nSPS) is 17.9. The Hall–Kier alpha value is -2.82. The lowest BCUT2D eigenvalue weighted by Crippen LogP contribution is -2.22. The topological polar surface area (TPSA) is 61.4 Å². The fraction of sp³-hybridized carbons (Fsp3) is 0.364. The summed E-state index contributed by atoms with van der Waals surface area (Å²) in [5.41, 5.74) is 3.81. The molecule has 0 aliphatic heterocycles. The molecule has 1 aliphatic carbocycles. The van der Waals surface area contributed by atoms with Gasteiger partial charge in [0.15, 0.2) is 0 Å². The maximum absolute atomic E-state index is 12.4. The van der Waals surface area contributed by atoms with Crippen LogP contribution in [0.25, 0.3) is 0 Å². The van der Waals surface area contributed by atoms with Crippen LogP contribution in [0.5, 0.6) is 0 Å². The molecule has 5 nitrogen and oxygen atoms in total. The first-order valence-electron chi connectivity index (χ1n) is 9.55. The zero-order valence-corrected chi connectivity index (χ0v) is 16.2. The highest BCUT2D eigenvalue weighted by molar-refractivity contribution is 6.03. The third-order valence-electron chi connectivity index (χ3n) is 5.05. The van der Waals surface area contributed by atoms with Crippen molar-refractivity contribution < 1.29 is 9.59 Å². The predicted molar refractivity (Wildman–Crippen MR) is 110 cm³/mol. The van der Waals surface area contributed by atoms with E-state index in [4.69, 9.17) is 0 Å². The molecule has 1 fully saturated rings.